The Hall–Kier alpha value is -3.15. The largest absolute Gasteiger partial charge is 0.508 e. The molecule has 0 bridgehead atoms. The topological polar surface area (TPSA) is 71.2 Å². The molecule has 1 amide bonds. The van der Waals surface area contributed by atoms with Crippen molar-refractivity contribution < 1.29 is 9.90 Å². The second kappa shape index (κ2) is 6.78. The van der Waals surface area contributed by atoms with Gasteiger partial charge in [0.2, 0.25) is 0 Å². The van der Waals surface area contributed by atoms with Crippen LogP contribution in [0.2, 0.25) is 0 Å². The summed E-state index contributed by atoms with van der Waals surface area (Å²) in [4.78, 5) is 19.7. The van der Waals surface area contributed by atoms with Gasteiger partial charge in [-0.3, -0.25) is 4.79 Å². The van der Waals surface area contributed by atoms with Crippen molar-refractivity contribution in [3.05, 3.63) is 65.7 Å². The lowest BCUT2D eigenvalue weighted by atomic mass is 10.0. The first-order valence-electron chi connectivity index (χ1n) is 9.80. The standard InChI is InChI=1S/C22H22N4O2/c27-19-6-2-4-17(14-19)16-3-1-5-18(13-16)22(28)25-10-9-20-23-21(15-7-8-15)24-26(20)12-11-25/h1-6,13-15,27H,7-12H2. The SMILES string of the molecule is O=C(c1cccc(-c2cccc(O)c2)c1)N1CCc2nc(C3CC3)nn2CC1. The number of aromatic hydroxyl groups is 1. The molecular weight excluding hydrogens is 352 g/mol. The summed E-state index contributed by atoms with van der Waals surface area (Å²) in [7, 11) is 0. The number of carbonyl (C=O) groups excluding carboxylic acids is 1. The Bertz CT molecular complexity index is 1010. The molecule has 0 radical (unpaired) electrons. The van der Waals surface area contributed by atoms with Gasteiger partial charge < -0.3 is 10.0 Å². The fourth-order valence-electron chi connectivity index (χ4n) is 3.74. The van der Waals surface area contributed by atoms with Crippen molar-refractivity contribution in [1.82, 2.24) is 19.7 Å². The quantitative estimate of drug-likeness (QED) is 0.764. The van der Waals surface area contributed by atoms with Crippen LogP contribution in [0, 0.1) is 0 Å². The summed E-state index contributed by atoms with van der Waals surface area (Å²) >= 11 is 0. The van der Waals surface area contributed by atoms with Crippen LogP contribution in [0.5, 0.6) is 5.75 Å². The summed E-state index contributed by atoms with van der Waals surface area (Å²) in [6.07, 6.45) is 3.13. The molecule has 1 saturated carbocycles. The van der Waals surface area contributed by atoms with Gasteiger partial charge in [0, 0.05) is 31.0 Å². The van der Waals surface area contributed by atoms with E-state index in [1.54, 1.807) is 18.2 Å². The van der Waals surface area contributed by atoms with E-state index in [9.17, 15) is 9.90 Å². The van der Waals surface area contributed by atoms with Crippen LogP contribution in [0.25, 0.3) is 11.1 Å². The van der Waals surface area contributed by atoms with E-state index >= 15 is 0 Å². The minimum absolute atomic E-state index is 0.0233. The maximum Gasteiger partial charge on any atom is 0.253 e. The van der Waals surface area contributed by atoms with Crippen LogP contribution in [-0.4, -0.2) is 43.8 Å². The molecule has 6 nitrogen and oxygen atoms in total. The predicted molar refractivity (Wildman–Crippen MR) is 105 cm³/mol. The minimum Gasteiger partial charge on any atom is -0.508 e. The van der Waals surface area contributed by atoms with Gasteiger partial charge in [0.1, 0.15) is 11.6 Å². The Morgan fingerprint density at radius 3 is 2.57 bits per heavy atom. The van der Waals surface area contributed by atoms with Gasteiger partial charge in [0.05, 0.1) is 6.54 Å². The molecule has 142 valence electrons. The third kappa shape index (κ3) is 3.26. The van der Waals surface area contributed by atoms with E-state index in [4.69, 9.17) is 4.98 Å². The van der Waals surface area contributed by atoms with E-state index in [2.05, 4.69) is 5.10 Å². The molecule has 5 rings (SSSR count). The molecular formula is C22H22N4O2. The maximum absolute atomic E-state index is 13.1. The molecule has 3 aromatic rings. The van der Waals surface area contributed by atoms with Crippen molar-refractivity contribution in [2.75, 3.05) is 13.1 Å². The van der Waals surface area contributed by atoms with E-state index in [1.165, 1.54) is 12.8 Å². The van der Waals surface area contributed by atoms with E-state index in [0.717, 1.165) is 29.2 Å². The lowest BCUT2D eigenvalue weighted by Crippen LogP contribution is -2.33. The lowest BCUT2D eigenvalue weighted by Gasteiger charge is -2.20. The number of phenolic OH excluding ortho intramolecular Hbond substituents is 1. The van der Waals surface area contributed by atoms with Crippen molar-refractivity contribution in [2.45, 2.75) is 31.7 Å². The predicted octanol–water partition coefficient (Wildman–Crippen LogP) is 3.23. The highest BCUT2D eigenvalue weighted by Crippen LogP contribution is 2.38. The third-order valence-corrected chi connectivity index (χ3v) is 5.47. The number of carbonyl (C=O) groups is 1. The molecule has 2 heterocycles. The molecule has 1 aliphatic carbocycles. The average molecular weight is 374 g/mol. The Labute approximate surface area is 163 Å². The van der Waals surface area contributed by atoms with Crippen LogP contribution in [0.4, 0.5) is 0 Å². The summed E-state index contributed by atoms with van der Waals surface area (Å²) in [6, 6.07) is 14.7. The van der Waals surface area contributed by atoms with Gasteiger partial charge >= 0.3 is 0 Å². The Balaban J connectivity index is 1.34. The highest BCUT2D eigenvalue weighted by molar-refractivity contribution is 5.95. The number of amides is 1. The van der Waals surface area contributed by atoms with E-state index < -0.39 is 0 Å². The van der Waals surface area contributed by atoms with Gasteiger partial charge in [-0.1, -0.05) is 24.3 Å². The van der Waals surface area contributed by atoms with Crippen molar-refractivity contribution in [2.24, 2.45) is 0 Å². The van der Waals surface area contributed by atoms with Crippen molar-refractivity contribution >= 4 is 5.91 Å². The number of fused-ring (bicyclic) bond motifs is 1. The second-order valence-electron chi connectivity index (χ2n) is 7.56. The normalized spacial score (nSPS) is 16.5. The van der Waals surface area contributed by atoms with Crippen LogP contribution in [-0.2, 0) is 13.0 Å². The Morgan fingerprint density at radius 2 is 1.79 bits per heavy atom. The molecule has 1 fully saturated rings. The van der Waals surface area contributed by atoms with E-state index in [1.807, 2.05) is 39.9 Å². The van der Waals surface area contributed by atoms with Crippen LogP contribution in [0.1, 0.15) is 40.8 Å². The zero-order valence-corrected chi connectivity index (χ0v) is 15.6. The Morgan fingerprint density at radius 1 is 1.00 bits per heavy atom. The molecule has 0 unspecified atom stereocenters. The van der Waals surface area contributed by atoms with Crippen LogP contribution in [0.15, 0.2) is 48.5 Å². The number of rotatable bonds is 3. The van der Waals surface area contributed by atoms with E-state index in [0.29, 0.717) is 31.1 Å². The van der Waals surface area contributed by atoms with Gasteiger partial charge in [-0.05, 0) is 48.2 Å². The molecule has 1 aliphatic heterocycles. The number of nitrogens with zero attached hydrogens (tertiary/aromatic N) is 4. The van der Waals surface area contributed by atoms with Crippen molar-refractivity contribution in [3.8, 4) is 16.9 Å². The zero-order chi connectivity index (χ0) is 19.1. The van der Waals surface area contributed by atoms with Gasteiger partial charge in [0.15, 0.2) is 5.82 Å². The summed E-state index contributed by atoms with van der Waals surface area (Å²) < 4.78 is 1.98. The smallest absolute Gasteiger partial charge is 0.253 e. The molecule has 1 aromatic heterocycles. The van der Waals surface area contributed by atoms with Crippen LogP contribution < -0.4 is 0 Å². The average Bonchev–Trinajstić information content (AvgIpc) is 3.52. The summed E-state index contributed by atoms with van der Waals surface area (Å²) in [5.74, 6) is 2.76. The summed E-state index contributed by atoms with van der Waals surface area (Å²) in [6.45, 7) is 1.97. The zero-order valence-electron chi connectivity index (χ0n) is 15.6. The van der Waals surface area contributed by atoms with Crippen molar-refractivity contribution in [1.29, 1.82) is 0 Å². The molecule has 1 N–H and O–H groups in total. The number of hydrogen-bond acceptors (Lipinski definition) is 4. The summed E-state index contributed by atoms with van der Waals surface area (Å²) in [5.41, 5.74) is 2.47. The molecule has 2 aliphatic rings. The first-order chi connectivity index (χ1) is 13.7. The highest BCUT2D eigenvalue weighted by Gasteiger charge is 2.30. The van der Waals surface area contributed by atoms with Gasteiger partial charge in [-0.15, -0.1) is 0 Å². The maximum atomic E-state index is 13.1. The minimum atomic E-state index is 0.0233. The van der Waals surface area contributed by atoms with Crippen molar-refractivity contribution in [3.63, 3.8) is 0 Å². The van der Waals surface area contributed by atoms with Gasteiger partial charge in [0.25, 0.3) is 5.91 Å². The Kier molecular flexibility index (Phi) is 4.11. The van der Waals surface area contributed by atoms with Crippen LogP contribution in [0.3, 0.4) is 0 Å². The summed E-state index contributed by atoms with van der Waals surface area (Å²) in [5, 5.41) is 14.4. The monoisotopic (exact) mass is 374 g/mol. The van der Waals surface area contributed by atoms with Crippen LogP contribution >= 0.6 is 0 Å². The number of phenols is 1. The fourth-order valence-corrected chi connectivity index (χ4v) is 3.74. The molecule has 2 aromatic carbocycles. The lowest BCUT2D eigenvalue weighted by molar-refractivity contribution is 0.0758. The first kappa shape index (κ1) is 17.0. The molecule has 0 spiro atoms. The van der Waals surface area contributed by atoms with Gasteiger partial charge in [-0.2, -0.15) is 5.10 Å². The molecule has 6 heteroatoms. The number of aromatic nitrogens is 3. The van der Waals surface area contributed by atoms with Gasteiger partial charge in [-0.25, -0.2) is 9.67 Å². The van der Waals surface area contributed by atoms with E-state index in [-0.39, 0.29) is 11.7 Å². The third-order valence-electron chi connectivity index (χ3n) is 5.47. The number of benzene rings is 2. The molecule has 0 saturated heterocycles. The first-order valence-corrected chi connectivity index (χ1v) is 9.80. The molecule has 0 atom stereocenters. The molecule has 28 heavy (non-hydrogen) atoms. The second-order valence-corrected chi connectivity index (χ2v) is 7.56. The highest BCUT2D eigenvalue weighted by atomic mass is 16.3. The number of hydrogen-bond donors (Lipinski definition) is 1. The fraction of sp³-hybridized carbons (Fsp3) is 0.318.